The van der Waals surface area contributed by atoms with Crippen molar-refractivity contribution >= 4 is 34.7 Å². The third kappa shape index (κ3) is 1.87. The molecule has 3 heterocycles. The Morgan fingerprint density at radius 2 is 2.33 bits per heavy atom. The average molecular weight is 278 g/mol. The van der Waals surface area contributed by atoms with Crippen LogP contribution in [0.4, 0.5) is 0 Å². The van der Waals surface area contributed by atoms with Crippen LogP contribution in [0.25, 0.3) is 6.08 Å². The molecule has 0 fully saturated rings. The van der Waals surface area contributed by atoms with E-state index in [0.717, 1.165) is 4.88 Å². The standard InChI is InChI=1S/C12H10N2O2S2/c1-7-5-10(15)14-11(16)9(18-12(14)13-7)6-8-3-2-4-17-8/h2-4,6-7H,5H2,1H3/b9-6+/t7-/m0/s1. The lowest BCUT2D eigenvalue weighted by Gasteiger charge is -2.09. The predicted octanol–water partition coefficient (Wildman–Crippen LogP) is 0.852. The number of hydrogen-bond donors (Lipinski definition) is 0. The molecule has 6 heteroatoms. The summed E-state index contributed by atoms with van der Waals surface area (Å²) in [4.78, 5) is 29.8. The molecule has 2 aromatic rings. The summed E-state index contributed by atoms with van der Waals surface area (Å²) in [6, 6.07) is 3.83. The molecule has 0 spiro atoms. The molecule has 0 N–H and O–H groups in total. The van der Waals surface area contributed by atoms with Gasteiger partial charge >= 0.3 is 0 Å². The molecule has 0 saturated heterocycles. The van der Waals surface area contributed by atoms with Gasteiger partial charge in [0.15, 0.2) is 4.80 Å². The molecule has 2 aromatic heterocycles. The van der Waals surface area contributed by atoms with E-state index in [1.807, 2.05) is 30.5 Å². The summed E-state index contributed by atoms with van der Waals surface area (Å²) in [5, 5.41) is 1.95. The number of nitrogens with zero attached hydrogens (tertiary/aromatic N) is 2. The average Bonchev–Trinajstić information content (AvgIpc) is 2.88. The van der Waals surface area contributed by atoms with Crippen LogP contribution in [0.2, 0.25) is 0 Å². The van der Waals surface area contributed by atoms with Crippen LogP contribution >= 0.6 is 22.7 Å². The van der Waals surface area contributed by atoms with Gasteiger partial charge in [0.05, 0.1) is 10.6 Å². The van der Waals surface area contributed by atoms with Gasteiger partial charge in [0.1, 0.15) is 0 Å². The summed E-state index contributed by atoms with van der Waals surface area (Å²) in [6.45, 7) is 1.88. The van der Waals surface area contributed by atoms with E-state index in [0.29, 0.717) is 15.8 Å². The highest BCUT2D eigenvalue weighted by molar-refractivity contribution is 7.11. The van der Waals surface area contributed by atoms with Gasteiger partial charge in [-0.15, -0.1) is 11.3 Å². The lowest BCUT2D eigenvalue weighted by molar-refractivity contribution is 0.0877. The maximum absolute atomic E-state index is 12.1. The number of hydrogen-bond acceptors (Lipinski definition) is 5. The normalized spacial score (nSPS) is 19.7. The zero-order chi connectivity index (χ0) is 12.7. The summed E-state index contributed by atoms with van der Waals surface area (Å²) in [5.41, 5.74) is -0.246. The van der Waals surface area contributed by atoms with Crippen LogP contribution in [0.3, 0.4) is 0 Å². The Hall–Kier alpha value is -1.53. The van der Waals surface area contributed by atoms with Gasteiger partial charge in [0.25, 0.3) is 5.56 Å². The zero-order valence-electron chi connectivity index (χ0n) is 9.62. The number of carbonyl (C=O) groups is 1. The maximum Gasteiger partial charge on any atom is 0.277 e. The lowest BCUT2D eigenvalue weighted by Crippen LogP contribution is -2.40. The van der Waals surface area contributed by atoms with E-state index in [1.165, 1.54) is 15.9 Å². The van der Waals surface area contributed by atoms with Crippen LogP contribution < -0.4 is 14.9 Å². The third-order valence-electron chi connectivity index (χ3n) is 2.67. The number of carbonyl (C=O) groups excluding carboxylic acids is 1. The van der Waals surface area contributed by atoms with Crippen molar-refractivity contribution in [2.24, 2.45) is 4.99 Å². The van der Waals surface area contributed by atoms with E-state index in [2.05, 4.69) is 4.99 Å². The van der Waals surface area contributed by atoms with Crippen molar-refractivity contribution in [1.29, 1.82) is 0 Å². The van der Waals surface area contributed by atoms with E-state index < -0.39 is 0 Å². The van der Waals surface area contributed by atoms with Gasteiger partial charge in [-0.1, -0.05) is 17.4 Å². The largest absolute Gasteiger partial charge is 0.277 e. The summed E-state index contributed by atoms with van der Waals surface area (Å²) in [5.74, 6) is -0.153. The van der Waals surface area contributed by atoms with Crippen molar-refractivity contribution in [3.8, 4) is 0 Å². The highest BCUT2D eigenvalue weighted by Gasteiger charge is 2.20. The van der Waals surface area contributed by atoms with Crippen LogP contribution in [0, 0.1) is 0 Å². The highest BCUT2D eigenvalue weighted by Crippen LogP contribution is 2.08. The van der Waals surface area contributed by atoms with Crippen molar-refractivity contribution in [3.63, 3.8) is 0 Å². The van der Waals surface area contributed by atoms with E-state index in [9.17, 15) is 9.59 Å². The smallest absolute Gasteiger partial charge is 0.274 e. The number of thiazole rings is 1. The van der Waals surface area contributed by atoms with Crippen LogP contribution in [0.15, 0.2) is 27.3 Å². The molecule has 0 aliphatic carbocycles. The summed E-state index contributed by atoms with van der Waals surface area (Å²) >= 11 is 2.84. The van der Waals surface area contributed by atoms with Crippen LogP contribution in [-0.2, 0) is 0 Å². The fourth-order valence-electron chi connectivity index (χ4n) is 1.86. The first-order valence-electron chi connectivity index (χ1n) is 5.53. The number of rotatable bonds is 1. The minimum atomic E-state index is -0.246. The second-order valence-corrected chi connectivity index (χ2v) is 6.11. The Morgan fingerprint density at radius 1 is 1.50 bits per heavy atom. The second-order valence-electron chi connectivity index (χ2n) is 4.13. The van der Waals surface area contributed by atoms with Crippen LogP contribution in [0.1, 0.15) is 23.0 Å². The molecule has 1 atom stereocenters. The second kappa shape index (κ2) is 4.29. The van der Waals surface area contributed by atoms with E-state index in [1.54, 1.807) is 11.3 Å². The number of fused-ring (bicyclic) bond motifs is 1. The topological polar surface area (TPSA) is 51.4 Å². The third-order valence-corrected chi connectivity index (χ3v) is 4.48. The molecule has 1 aliphatic rings. The molecule has 4 nitrogen and oxygen atoms in total. The van der Waals surface area contributed by atoms with E-state index in [-0.39, 0.29) is 17.5 Å². The van der Waals surface area contributed by atoms with Crippen molar-refractivity contribution in [3.05, 3.63) is 42.1 Å². The van der Waals surface area contributed by atoms with Gasteiger partial charge in [-0.05, 0) is 24.4 Å². The molecular weight excluding hydrogens is 268 g/mol. The first-order chi connectivity index (χ1) is 8.65. The molecule has 1 aliphatic heterocycles. The quantitative estimate of drug-likeness (QED) is 0.776. The summed E-state index contributed by atoms with van der Waals surface area (Å²) in [7, 11) is 0. The van der Waals surface area contributed by atoms with Gasteiger partial charge in [0, 0.05) is 11.3 Å². The minimum absolute atomic E-state index is 0.0369. The molecule has 18 heavy (non-hydrogen) atoms. The van der Waals surface area contributed by atoms with Gasteiger partial charge in [-0.3, -0.25) is 14.6 Å². The van der Waals surface area contributed by atoms with E-state index in [4.69, 9.17) is 0 Å². The Balaban J connectivity index is 2.28. The van der Waals surface area contributed by atoms with Gasteiger partial charge in [0.2, 0.25) is 5.91 Å². The summed E-state index contributed by atoms with van der Waals surface area (Å²) < 4.78 is 1.77. The molecule has 0 aromatic carbocycles. The minimum Gasteiger partial charge on any atom is -0.274 e. The Labute approximate surface area is 111 Å². The van der Waals surface area contributed by atoms with Crippen molar-refractivity contribution in [2.75, 3.05) is 0 Å². The Morgan fingerprint density at radius 3 is 3.06 bits per heavy atom. The molecule has 0 radical (unpaired) electrons. The molecule has 0 bridgehead atoms. The Bertz CT molecular complexity index is 768. The van der Waals surface area contributed by atoms with Gasteiger partial charge < -0.3 is 0 Å². The molecule has 0 amide bonds. The van der Waals surface area contributed by atoms with Crippen molar-refractivity contribution in [2.45, 2.75) is 19.4 Å². The van der Waals surface area contributed by atoms with Gasteiger partial charge in [-0.25, -0.2) is 4.57 Å². The van der Waals surface area contributed by atoms with Crippen molar-refractivity contribution in [1.82, 2.24) is 4.57 Å². The highest BCUT2D eigenvalue weighted by atomic mass is 32.1. The molecular formula is C12H10N2O2S2. The maximum atomic E-state index is 12.1. The van der Waals surface area contributed by atoms with Crippen LogP contribution in [0.5, 0.6) is 0 Å². The number of aromatic nitrogens is 1. The monoisotopic (exact) mass is 278 g/mol. The zero-order valence-corrected chi connectivity index (χ0v) is 11.3. The fraction of sp³-hybridized carbons (Fsp3) is 0.250. The molecule has 0 saturated carbocycles. The fourth-order valence-corrected chi connectivity index (χ4v) is 3.66. The van der Waals surface area contributed by atoms with Crippen molar-refractivity contribution < 1.29 is 4.79 Å². The van der Waals surface area contributed by atoms with Crippen LogP contribution in [-0.4, -0.2) is 16.5 Å². The molecule has 3 rings (SSSR count). The van der Waals surface area contributed by atoms with E-state index >= 15 is 0 Å². The SMILES string of the molecule is C[C@H]1CC(=O)n2c(s/c(=C/c3cccs3)c2=O)=N1. The van der Waals surface area contributed by atoms with Gasteiger partial charge in [-0.2, -0.15) is 0 Å². The number of thiophene rings is 1. The first kappa shape index (κ1) is 11.6. The Kier molecular flexibility index (Phi) is 2.76. The first-order valence-corrected chi connectivity index (χ1v) is 7.23. The molecule has 0 unspecified atom stereocenters. The summed E-state index contributed by atoms with van der Waals surface area (Å²) in [6.07, 6.45) is 2.12. The predicted molar refractivity (Wildman–Crippen MR) is 72.0 cm³/mol. The molecule has 92 valence electrons. The lowest BCUT2D eigenvalue weighted by atomic mass is 10.2.